The Kier molecular flexibility index (Phi) is 5.54. The van der Waals surface area contributed by atoms with Crippen molar-refractivity contribution >= 4 is 5.91 Å². The van der Waals surface area contributed by atoms with Gasteiger partial charge in [0, 0.05) is 43.6 Å². The number of hydrogen-bond acceptors (Lipinski definition) is 4. The maximum atomic E-state index is 13.8. The molecule has 0 aromatic carbocycles. The highest BCUT2D eigenvalue weighted by Gasteiger charge is 2.60. The van der Waals surface area contributed by atoms with Gasteiger partial charge in [0.05, 0.1) is 17.7 Å². The molecule has 2 saturated carbocycles. The van der Waals surface area contributed by atoms with Crippen LogP contribution >= 0.6 is 0 Å². The zero-order valence-corrected chi connectivity index (χ0v) is 19.2. The number of nitrogens with zero attached hydrogens (tertiary/aromatic N) is 2. The molecule has 2 aliphatic carbocycles. The van der Waals surface area contributed by atoms with Gasteiger partial charge in [-0.3, -0.25) is 9.69 Å². The van der Waals surface area contributed by atoms with Gasteiger partial charge in [-0.15, -0.1) is 0 Å². The Labute approximate surface area is 190 Å². The molecule has 1 amide bonds. The minimum atomic E-state index is -1.18. The molecule has 6 fully saturated rings. The molecule has 1 N–H and O–H groups in total. The number of piperazine rings is 1. The van der Waals surface area contributed by atoms with E-state index in [0.717, 1.165) is 25.9 Å². The number of halogens is 2. The second-order valence-electron chi connectivity index (χ2n) is 11.7. The lowest BCUT2D eigenvalue weighted by Crippen LogP contribution is -2.73. The number of nitrogens with one attached hydrogen (secondary N) is 1. The van der Waals surface area contributed by atoms with E-state index >= 15 is 0 Å². The predicted molar refractivity (Wildman–Crippen MR) is 118 cm³/mol. The van der Waals surface area contributed by atoms with Crippen molar-refractivity contribution < 1.29 is 18.3 Å². The topological polar surface area (TPSA) is 44.8 Å². The lowest BCUT2D eigenvalue weighted by molar-refractivity contribution is -0.143. The number of carbonyl (C=O) groups is 1. The molecule has 0 aromatic rings. The Morgan fingerprint density at radius 1 is 0.938 bits per heavy atom. The molecule has 7 heteroatoms. The van der Waals surface area contributed by atoms with Gasteiger partial charge in [-0.2, -0.15) is 0 Å². The molecule has 180 valence electrons. The number of piperidine rings is 1. The van der Waals surface area contributed by atoms with Gasteiger partial charge < -0.3 is 15.0 Å². The molecular weight excluding hydrogens is 412 g/mol. The fourth-order valence-corrected chi connectivity index (χ4v) is 8.29. The third-order valence-corrected chi connectivity index (χ3v) is 9.76. The molecule has 0 radical (unpaired) electrons. The monoisotopic (exact) mass is 451 g/mol. The summed E-state index contributed by atoms with van der Waals surface area (Å²) in [5, 5.41) is 4.14. The summed E-state index contributed by atoms with van der Waals surface area (Å²) in [5.74, 6) is -0.533. The average Bonchev–Trinajstić information content (AvgIpc) is 3.41. The standard InChI is InChI=1S/C25H39F2N3O2/c26-18-12-17(13-19(27)14-18)23(31)29-10-7-24(8-11-29)15-25(16-32-24)22-6-3-9-30(22)21-5-2-1-4-20(21)28-25/h17-22,28H,1-16H2. The van der Waals surface area contributed by atoms with Crippen LogP contribution in [-0.4, -0.2) is 83.6 Å². The summed E-state index contributed by atoms with van der Waals surface area (Å²) in [6.45, 7) is 3.32. The second kappa shape index (κ2) is 8.16. The molecule has 6 unspecified atom stereocenters. The molecule has 32 heavy (non-hydrogen) atoms. The smallest absolute Gasteiger partial charge is 0.225 e. The molecule has 5 nitrogen and oxygen atoms in total. The number of amides is 1. The summed E-state index contributed by atoms with van der Waals surface area (Å²) in [4.78, 5) is 17.7. The van der Waals surface area contributed by atoms with Crippen LogP contribution in [0.2, 0.25) is 0 Å². The van der Waals surface area contributed by atoms with Crippen LogP contribution in [0.4, 0.5) is 8.78 Å². The van der Waals surface area contributed by atoms with Gasteiger partial charge in [0.1, 0.15) is 12.3 Å². The summed E-state index contributed by atoms with van der Waals surface area (Å²) < 4.78 is 34.3. The molecular formula is C25H39F2N3O2. The first-order valence-corrected chi connectivity index (χ1v) is 13.2. The predicted octanol–water partition coefficient (Wildman–Crippen LogP) is 3.36. The van der Waals surface area contributed by atoms with Gasteiger partial charge in [-0.05, 0) is 64.3 Å². The first-order valence-electron chi connectivity index (χ1n) is 13.2. The Hall–Kier alpha value is -0.790. The molecule has 4 heterocycles. The first kappa shape index (κ1) is 21.7. The van der Waals surface area contributed by atoms with Crippen molar-refractivity contribution in [2.24, 2.45) is 5.92 Å². The number of fused-ring (bicyclic) bond motifs is 4. The fraction of sp³-hybridized carbons (Fsp3) is 0.960. The van der Waals surface area contributed by atoms with Crippen LogP contribution in [0.3, 0.4) is 0 Å². The van der Waals surface area contributed by atoms with Crippen LogP contribution in [-0.2, 0) is 9.53 Å². The average molecular weight is 452 g/mol. The van der Waals surface area contributed by atoms with Crippen LogP contribution in [0, 0.1) is 5.92 Å². The van der Waals surface area contributed by atoms with E-state index in [9.17, 15) is 13.6 Å². The highest BCUT2D eigenvalue weighted by molar-refractivity contribution is 5.79. The van der Waals surface area contributed by atoms with Crippen molar-refractivity contribution in [3.8, 4) is 0 Å². The number of alkyl halides is 2. The number of ether oxygens (including phenoxy) is 1. The van der Waals surface area contributed by atoms with Crippen LogP contribution in [0.5, 0.6) is 0 Å². The lowest BCUT2D eigenvalue weighted by atomic mass is 9.73. The van der Waals surface area contributed by atoms with Gasteiger partial charge in [0.25, 0.3) is 0 Å². The summed E-state index contributed by atoms with van der Waals surface area (Å²) in [6.07, 6.45) is 8.51. The van der Waals surface area contributed by atoms with Crippen LogP contribution < -0.4 is 5.32 Å². The van der Waals surface area contributed by atoms with Crippen molar-refractivity contribution in [1.82, 2.24) is 15.1 Å². The van der Waals surface area contributed by atoms with Crippen molar-refractivity contribution in [2.45, 2.75) is 119 Å². The maximum Gasteiger partial charge on any atom is 0.225 e. The summed E-state index contributed by atoms with van der Waals surface area (Å²) in [5.41, 5.74) is -0.106. The molecule has 4 saturated heterocycles. The minimum Gasteiger partial charge on any atom is -0.373 e. The number of carbonyl (C=O) groups excluding carboxylic acids is 1. The van der Waals surface area contributed by atoms with E-state index in [1.54, 1.807) is 0 Å². The molecule has 2 spiro atoms. The summed E-state index contributed by atoms with van der Waals surface area (Å²) in [7, 11) is 0. The third-order valence-electron chi connectivity index (χ3n) is 9.76. The van der Waals surface area contributed by atoms with E-state index in [1.807, 2.05) is 4.90 Å². The van der Waals surface area contributed by atoms with Crippen LogP contribution in [0.15, 0.2) is 0 Å². The number of rotatable bonds is 1. The SMILES string of the molecule is O=C(C1CC(F)CC(F)C1)N1CCC2(CC1)CC1(CO2)NC2CCCCC2N2CCCC21. The lowest BCUT2D eigenvalue weighted by Gasteiger charge is -2.55. The fourth-order valence-electron chi connectivity index (χ4n) is 8.29. The largest absolute Gasteiger partial charge is 0.373 e. The number of hydrogen-bond donors (Lipinski definition) is 1. The van der Waals surface area contributed by atoms with Crippen molar-refractivity contribution in [2.75, 3.05) is 26.2 Å². The minimum absolute atomic E-state index is 0.0413. The van der Waals surface area contributed by atoms with E-state index in [4.69, 9.17) is 4.74 Å². The summed E-state index contributed by atoms with van der Waals surface area (Å²) >= 11 is 0. The zero-order chi connectivity index (χ0) is 21.9. The number of likely N-dealkylation sites (tertiary alicyclic amines) is 1. The third kappa shape index (κ3) is 3.61. The van der Waals surface area contributed by atoms with E-state index in [0.29, 0.717) is 31.2 Å². The Morgan fingerprint density at radius 3 is 2.47 bits per heavy atom. The van der Waals surface area contributed by atoms with E-state index in [-0.39, 0.29) is 36.3 Å². The van der Waals surface area contributed by atoms with Gasteiger partial charge in [-0.1, -0.05) is 12.8 Å². The Morgan fingerprint density at radius 2 is 1.69 bits per heavy atom. The van der Waals surface area contributed by atoms with E-state index in [1.165, 1.54) is 45.1 Å². The summed E-state index contributed by atoms with van der Waals surface area (Å²) in [6, 6.07) is 1.87. The zero-order valence-electron chi connectivity index (χ0n) is 19.2. The normalized spacial score (nSPS) is 46.4. The van der Waals surface area contributed by atoms with Crippen molar-refractivity contribution in [1.29, 1.82) is 0 Å². The van der Waals surface area contributed by atoms with Gasteiger partial charge >= 0.3 is 0 Å². The van der Waals surface area contributed by atoms with E-state index in [2.05, 4.69) is 10.2 Å². The molecule has 4 aliphatic heterocycles. The Balaban J connectivity index is 1.12. The second-order valence-corrected chi connectivity index (χ2v) is 11.7. The van der Waals surface area contributed by atoms with Crippen molar-refractivity contribution in [3.63, 3.8) is 0 Å². The van der Waals surface area contributed by atoms with Crippen LogP contribution in [0.1, 0.15) is 77.0 Å². The highest BCUT2D eigenvalue weighted by atomic mass is 19.1. The molecule has 6 atom stereocenters. The molecule has 0 aromatic heterocycles. The molecule has 0 bridgehead atoms. The highest BCUT2D eigenvalue weighted by Crippen LogP contribution is 2.49. The van der Waals surface area contributed by atoms with Crippen LogP contribution in [0.25, 0.3) is 0 Å². The molecule has 6 rings (SSSR count). The van der Waals surface area contributed by atoms with Crippen molar-refractivity contribution in [3.05, 3.63) is 0 Å². The van der Waals surface area contributed by atoms with Gasteiger partial charge in [0.2, 0.25) is 5.91 Å². The first-order chi connectivity index (χ1) is 15.5. The molecule has 6 aliphatic rings. The van der Waals surface area contributed by atoms with E-state index < -0.39 is 18.3 Å². The quantitative estimate of drug-likeness (QED) is 0.664. The van der Waals surface area contributed by atoms with Gasteiger partial charge in [0.15, 0.2) is 0 Å². The maximum absolute atomic E-state index is 13.8. The van der Waals surface area contributed by atoms with Gasteiger partial charge in [-0.25, -0.2) is 8.78 Å². The Bertz CT molecular complexity index is 720.